The minimum Gasteiger partial charge on any atom is -0.349 e. The Labute approximate surface area is 125 Å². The van der Waals surface area contributed by atoms with E-state index in [0.717, 1.165) is 0 Å². The number of carbonyl (C=O) groups is 1. The molecule has 0 saturated heterocycles. The number of rotatable bonds is 3. The van der Waals surface area contributed by atoms with Crippen LogP contribution in [0, 0.1) is 6.92 Å². The highest BCUT2D eigenvalue weighted by Gasteiger charge is 1.89. The summed E-state index contributed by atoms with van der Waals surface area (Å²) < 4.78 is 0. The molecule has 1 amide bonds. The van der Waals surface area contributed by atoms with Gasteiger partial charge in [0.05, 0.1) is 0 Å². The summed E-state index contributed by atoms with van der Waals surface area (Å²) in [5.41, 5.74) is 1.32. The standard InChI is InChI=1S/C7H8.C6H15N.C4H9NO/c1-7-5-3-2-4-6-7;1-4-7(5-2)6-3;1-4(6)5(2)3/h2-6H,1H3;4-6H2,1-3H3;1-3H3. The number of benzene rings is 1. The van der Waals surface area contributed by atoms with Gasteiger partial charge in [-0.15, -0.1) is 0 Å². The maximum Gasteiger partial charge on any atom is 0.218 e. The van der Waals surface area contributed by atoms with E-state index in [1.807, 2.05) is 18.2 Å². The van der Waals surface area contributed by atoms with Crippen molar-refractivity contribution in [2.45, 2.75) is 34.6 Å². The Hall–Kier alpha value is -1.35. The van der Waals surface area contributed by atoms with Crippen molar-refractivity contribution < 1.29 is 4.79 Å². The number of hydrogen-bond donors (Lipinski definition) is 0. The second-order valence-corrected chi connectivity index (χ2v) is 4.69. The maximum atomic E-state index is 10.1. The molecule has 3 heteroatoms. The molecule has 0 aliphatic rings. The molecule has 116 valence electrons. The third-order valence-corrected chi connectivity index (χ3v) is 2.91. The number of aryl methyl sites for hydroxylation is 1. The van der Waals surface area contributed by atoms with Crippen LogP contribution in [0.2, 0.25) is 0 Å². The summed E-state index contributed by atoms with van der Waals surface area (Å²) >= 11 is 0. The molecule has 0 aromatic heterocycles. The molecule has 0 N–H and O–H groups in total. The van der Waals surface area contributed by atoms with E-state index in [0.29, 0.717) is 0 Å². The van der Waals surface area contributed by atoms with E-state index in [4.69, 9.17) is 0 Å². The first kappa shape index (κ1) is 21.0. The Morgan fingerprint density at radius 3 is 1.40 bits per heavy atom. The third kappa shape index (κ3) is 14.7. The summed E-state index contributed by atoms with van der Waals surface area (Å²) in [5, 5.41) is 0. The van der Waals surface area contributed by atoms with E-state index in [9.17, 15) is 4.79 Å². The van der Waals surface area contributed by atoms with Crippen LogP contribution in [0.15, 0.2) is 30.3 Å². The highest BCUT2D eigenvalue weighted by Crippen LogP contribution is 1.92. The molecule has 0 unspecified atom stereocenters. The van der Waals surface area contributed by atoms with Crippen LogP contribution in [0.25, 0.3) is 0 Å². The summed E-state index contributed by atoms with van der Waals surface area (Å²) in [7, 11) is 3.45. The molecule has 3 nitrogen and oxygen atoms in total. The SMILES string of the molecule is CC(=O)N(C)C.CCN(CC)CC.Cc1ccccc1. The quantitative estimate of drug-likeness (QED) is 0.847. The van der Waals surface area contributed by atoms with Gasteiger partial charge in [-0.1, -0.05) is 56.7 Å². The Kier molecular flexibility index (Phi) is 14.7. The average Bonchev–Trinajstić information content (AvgIpc) is 2.43. The second kappa shape index (κ2) is 14.1. The zero-order valence-corrected chi connectivity index (χ0v) is 14.3. The molecule has 0 aliphatic heterocycles. The highest BCUT2D eigenvalue weighted by atomic mass is 16.2. The summed E-state index contributed by atoms with van der Waals surface area (Å²) in [4.78, 5) is 14.0. The van der Waals surface area contributed by atoms with E-state index in [-0.39, 0.29) is 5.91 Å². The van der Waals surface area contributed by atoms with E-state index in [2.05, 4.69) is 44.7 Å². The molecular weight excluding hydrogens is 248 g/mol. The number of carbonyl (C=O) groups excluding carboxylic acids is 1. The number of nitrogens with zero attached hydrogens (tertiary/aromatic N) is 2. The van der Waals surface area contributed by atoms with Crippen molar-refractivity contribution in [3.05, 3.63) is 35.9 Å². The fourth-order valence-corrected chi connectivity index (χ4v) is 1.21. The summed E-state index contributed by atoms with van der Waals surface area (Å²) in [5.74, 6) is 0.0926. The number of hydrogen-bond acceptors (Lipinski definition) is 2. The minimum absolute atomic E-state index is 0.0926. The molecule has 1 aromatic carbocycles. The molecule has 1 aromatic rings. The van der Waals surface area contributed by atoms with Gasteiger partial charge in [-0.2, -0.15) is 0 Å². The van der Waals surface area contributed by atoms with Gasteiger partial charge in [0.25, 0.3) is 0 Å². The van der Waals surface area contributed by atoms with Gasteiger partial charge in [0.15, 0.2) is 0 Å². The lowest BCUT2D eigenvalue weighted by Crippen LogP contribution is -2.21. The van der Waals surface area contributed by atoms with Crippen molar-refractivity contribution >= 4 is 5.91 Å². The summed E-state index contributed by atoms with van der Waals surface area (Å²) in [6, 6.07) is 10.3. The molecular formula is C17H32N2O. The topological polar surface area (TPSA) is 23.6 Å². The fraction of sp³-hybridized carbons (Fsp3) is 0.588. The van der Waals surface area contributed by atoms with Gasteiger partial charge < -0.3 is 9.80 Å². The minimum atomic E-state index is 0.0926. The monoisotopic (exact) mass is 280 g/mol. The van der Waals surface area contributed by atoms with Gasteiger partial charge in [-0.3, -0.25) is 4.79 Å². The van der Waals surface area contributed by atoms with Crippen LogP contribution in [0.1, 0.15) is 33.3 Å². The van der Waals surface area contributed by atoms with Crippen LogP contribution in [-0.2, 0) is 4.79 Å². The lowest BCUT2D eigenvalue weighted by molar-refractivity contribution is -0.126. The van der Waals surface area contributed by atoms with E-state index < -0.39 is 0 Å². The van der Waals surface area contributed by atoms with Crippen LogP contribution in [0.4, 0.5) is 0 Å². The summed E-state index contributed by atoms with van der Waals surface area (Å²) in [6.07, 6.45) is 0. The first-order valence-electron chi connectivity index (χ1n) is 7.30. The second-order valence-electron chi connectivity index (χ2n) is 4.69. The smallest absolute Gasteiger partial charge is 0.218 e. The molecule has 0 bridgehead atoms. The van der Waals surface area contributed by atoms with Gasteiger partial charge >= 0.3 is 0 Å². The van der Waals surface area contributed by atoms with Crippen LogP contribution in [-0.4, -0.2) is 49.4 Å². The summed E-state index contributed by atoms with van der Waals surface area (Å²) in [6.45, 7) is 13.7. The predicted octanol–water partition coefficient (Wildman–Crippen LogP) is 3.44. The van der Waals surface area contributed by atoms with Crippen LogP contribution < -0.4 is 0 Å². The van der Waals surface area contributed by atoms with Crippen molar-refractivity contribution in [3.63, 3.8) is 0 Å². The van der Waals surface area contributed by atoms with Gasteiger partial charge in [0.1, 0.15) is 0 Å². The highest BCUT2D eigenvalue weighted by molar-refractivity contribution is 5.72. The molecule has 0 saturated carbocycles. The van der Waals surface area contributed by atoms with Crippen molar-refractivity contribution in [2.24, 2.45) is 0 Å². The first-order chi connectivity index (χ1) is 9.38. The lowest BCUT2D eigenvalue weighted by atomic mass is 10.2. The molecule has 0 spiro atoms. The predicted molar refractivity (Wildman–Crippen MR) is 89.0 cm³/mol. The van der Waals surface area contributed by atoms with Crippen LogP contribution >= 0.6 is 0 Å². The average molecular weight is 280 g/mol. The van der Waals surface area contributed by atoms with Gasteiger partial charge in [0, 0.05) is 21.0 Å². The zero-order chi connectivity index (χ0) is 16.0. The Bertz CT molecular complexity index is 314. The van der Waals surface area contributed by atoms with Crippen molar-refractivity contribution in [1.82, 2.24) is 9.80 Å². The van der Waals surface area contributed by atoms with Gasteiger partial charge in [-0.25, -0.2) is 0 Å². The Morgan fingerprint density at radius 2 is 1.30 bits per heavy atom. The molecule has 20 heavy (non-hydrogen) atoms. The fourth-order valence-electron chi connectivity index (χ4n) is 1.21. The molecule has 0 atom stereocenters. The molecule has 0 aliphatic carbocycles. The van der Waals surface area contributed by atoms with Gasteiger partial charge in [-0.05, 0) is 26.6 Å². The largest absolute Gasteiger partial charge is 0.349 e. The van der Waals surface area contributed by atoms with Crippen molar-refractivity contribution in [3.8, 4) is 0 Å². The van der Waals surface area contributed by atoms with Crippen molar-refractivity contribution in [2.75, 3.05) is 33.7 Å². The Morgan fingerprint density at radius 1 is 0.950 bits per heavy atom. The van der Waals surface area contributed by atoms with Crippen LogP contribution in [0.5, 0.6) is 0 Å². The third-order valence-electron chi connectivity index (χ3n) is 2.91. The maximum absolute atomic E-state index is 10.1. The number of amides is 1. The first-order valence-corrected chi connectivity index (χ1v) is 7.30. The molecule has 1 rings (SSSR count). The zero-order valence-electron chi connectivity index (χ0n) is 14.3. The lowest BCUT2D eigenvalue weighted by Gasteiger charge is -2.13. The van der Waals surface area contributed by atoms with E-state index in [1.54, 1.807) is 14.1 Å². The molecule has 0 radical (unpaired) electrons. The molecule has 0 heterocycles. The van der Waals surface area contributed by atoms with Crippen molar-refractivity contribution in [1.29, 1.82) is 0 Å². The Balaban J connectivity index is 0. The van der Waals surface area contributed by atoms with Crippen LogP contribution in [0.3, 0.4) is 0 Å². The molecule has 0 fully saturated rings. The van der Waals surface area contributed by atoms with Gasteiger partial charge in [0.2, 0.25) is 5.91 Å². The van der Waals surface area contributed by atoms with E-state index >= 15 is 0 Å². The van der Waals surface area contributed by atoms with E-state index in [1.165, 1.54) is 37.0 Å². The normalized spacial score (nSPS) is 9.00.